The van der Waals surface area contributed by atoms with Gasteiger partial charge in [0.2, 0.25) is 0 Å². The molecule has 3 atom stereocenters. The summed E-state index contributed by atoms with van der Waals surface area (Å²) in [7, 11) is 0. The molecule has 1 aromatic heterocycles. The number of nitrogens with zero attached hydrogens (tertiary/aromatic N) is 1. The fraction of sp³-hybridized carbons (Fsp3) is 0.476. The second-order valence-corrected chi connectivity index (χ2v) is 8.23. The van der Waals surface area contributed by atoms with Crippen LogP contribution < -0.4 is 0 Å². The zero-order chi connectivity index (χ0) is 15.5. The highest BCUT2D eigenvalue weighted by molar-refractivity contribution is 7.13. The molecule has 1 nitrogen and oxygen atoms in total. The Kier molecular flexibility index (Phi) is 4.61. The number of para-hydroxylation sites is 1. The fourth-order valence-electron chi connectivity index (χ4n) is 4.58. The van der Waals surface area contributed by atoms with Crippen molar-refractivity contribution in [2.45, 2.75) is 50.9 Å². The quantitative estimate of drug-likeness (QED) is 0.566. The summed E-state index contributed by atoms with van der Waals surface area (Å²) >= 11 is 1.97. The summed E-state index contributed by atoms with van der Waals surface area (Å²) < 4.78 is 0. The van der Waals surface area contributed by atoms with Gasteiger partial charge >= 0.3 is 0 Å². The van der Waals surface area contributed by atoms with Gasteiger partial charge < -0.3 is 0 Å². The van der Waals surface area contributed by atoms with E-state index >= 15 is 0 Å². The van der Waals surface area contributed by atoms with E-state index in [1.54, 1.807) is 4.88 Å². The molecule has 2 aliphatic carbocycles. The number of hydrogen-bond acceptors (Lipinski definition) is 2. The molecule has 23 heavy (non-hydrogen) atoms. The van der Waals surface area contributed by atoms with E-state index in [1.165, 1.54) is 49.8 Å². The molecule has 2 heteroatoms. The highest BCUT2D eigenvalue weighted by Crippen LogP contribution is 2.49. The third-order valence-electron chi connectivity index (χ3n) is 5.68. The third-order valence-corrected chi connectivity index (χ3v) is 6.84. The van der Waals surface area contributed by atoms with Gasteiger partial charge in [-0.3, -0.25) is 4.99 Å². The van der Waals surface area contributed by atoms with Crippen LogP contribution in [-0.2, 0) is 0 Å². The summed E-state index contributed by atoms with van der Waals surface area (Å²) in [4.78, 5) is 7.50. The second kappa shape index (κ2) is 7.00. The van der Waals surface area contributed by atoms with Crippen molar-refractivity contribution in [1.29, 1.82) is 0 Å². The predicted octanol–water partition coefficient (Wildman–Crippen LogP) is 6.57. The molecule has 120 valence electrons. The molecular formula is C21H25NS. The molecule has 0 N–H and O–H groups in total. The first kappa shape index (κ1) is 15.1. The summed E-state index contributed by atoms with van der Waals surface area (Å²) in [6, 6.07) is 14.9. The number of rotatable bonds is 3. The molecule has 0 radical (unpaired) electrons. The largest absolute Gasteiger partial charge is 0.255 e. The van der Waals surface area contributed by atoms with Crippen molar-refractivity contribution < 1.29 is 0 Å². The van der Waals surface area contributed by atoms with Crippen molar-refractivity contribution in [2.24, 2.45) is 16.8 Å². The van der Waals surface area contributed by atoms with E-state index in [0.717, 1.165) is 23.4 Å². The molecular weight excluding hydrogens is 298 g/mol. The van der Waals surface area contributed by atoms with E-state index in [2.05, 4.69) is 29.3 Å². The van der Waals surface area contributed by atoms with E-state index in [4.69, 9.17) is 0 Å². The molecule has 0 bridgehead atoms. The summed E-state index contributed by atoms with van der Waals surface area (Å²) in [5.41, 5.74) is 1.03. The third kappa shape index (κ3) is 3.42. The Morgan fingerprint density at radius 3 is 2.61 bits per heavy atom. The lowest BCUT2D eigenvalue weighted by Crippen LogP contribution is -2.29. The SMILES string of the molecule is C(=Nc1ccccc1)c1ccc(C2CCCC3CCCCC32)s1. The predicted molar refractivity (Wildman–Crippen MR) is 100 cm³/mol. The van der Waals surface area contributed by atoms with Crippen LogP contribution in [0.5, 0.6) is 0 Å². The average Bonchev–Trinajstić information content (AvgIpc) is 3.09. The van der Waals surface area contributed by atoms with Crippen LogP contribution in [0.3, 0.4) is 0 Å². The van der Waals surface area contributed by atoms with Gasteiger partial charge in [0.1, 0.15) is 0 Å². The minimum absolute atomic E-state index is 0.818. The smallest absolute Gasteiger partial charge is 0.0630 e. The molecule has 0 spiro atoms. The van der Waals surface area contributed by atoms with Crippen LogP contribution in [0.1, 0.15) is 60.6 Å². The highest BCUT2D eigenvalue weighted by atomic mass is 32.1. The van der Waals surface area contributed by atoms with Gasteiger partial charge in [-0.2, -0.15) is 0 Å². The van der Waals surface area contributed by atoms with Gasteiger partial charge in [-0.05, 0) is 54.9 Å². The first-order chi connectivity index (χ1) is 11.4. The first-order valence-electron chi connectivity index (χ1n) is 9.09. The Balaban J connectivity index is 1.50. The summed E-state index contributed by atoms with van der Waals surface area (Å²) in [6.45, 7) is 0. The number of thiophene rings is 1. The molecule has 1 heterocycles. The number of fused-ring (bicyclic) bond motifs is 1. The van der Waals surface area contributed by atoms with Crippen molar-refractivity contribution in [3.05, 3.63) is 52.2 Å². The van der Waals surface area contributed by atoms with Crippen molar-refractivity contribution >= 4 is 23.2 Å². The zero-order valence-electron chi connectivity index (χ0n) is 13.7. The van der Waals surface area contributed by atoms with E-state index in [1.807, 2.05) is 35.8 Å². The van der Waals surface area contributed by atoms with Gasteiger partial charge in [0.15, 0.2) is 0 Å². The van der Waals surface area contributed by atoms with Crippen LogP contribution in [-0.4, -0.2) is 6.21 Å². The monoisotopic (exact) mass is 323 g/mol. The molecule has 0 saturated heterocycles. The van der Waals surface area contributed by atoms with Crippen molar-refractivity contribution in [3.8, 4) is 0 Å². The zero-order valence-corrected chi connectivity index (χ0v) is 14.5. The Morgan fingerprint density at radius 2 is 1.70 bits per heavy atom. The van der Waals surface area contributed by atoms with Crippen LogP contribution in [0.15, 0.2) is 47.5 Å². The standard InChI is InChI=1S/C21H25NS/c1-2-9-17(10-3-1)22-15-18-13-14-21(23-18)20-12-6-8-16-7-4-5-11-19(16)20/h1-3,9-10,13-16,19-20H,4-8,11-12H2. The van der Waals surface area contributed by atoms with Crippen molar-refractivity contribution in [1.82, 2.24) is 0 Å². The molecule has 2 aromatic rings. The van der Waals surface area contributed by atoms with Gasteiger partial charge in [0.05, 0.1) is 5.69 Å². The number of aliphatic imine (C=N–C) groups is 1. The van der Waals surface area contributed by atoms with Gasteiger partial charge in [-0.15, -0.1) is 11.3 Å². The summed E-state index contributed by atoms with van der Waals surface area (Å²) in [5, 5.41) is 0. The van der Waals surface area contributed by atoms with Gasteiger partial charge in [-0.25, -0.2) is 0 Å². The molecule has 2 fully saturated rings. The number of benzene rings is 1. The normalized spacial score (nSPS) is 27.9. The lowest BCUT2D eigenvalue weighted by molar-refractivity contribution is 0.146. The molecule has 1 aromatic carbocycles. The molecule has 2 aliphatic rings. The topological polar surface area (TPSA) is 12.4 Å². The average molecular weight is 324 g/mol. The highest BCUT2D eigenvalue weighted by Gasteiger charge is 2.35. The first-order valence-corrected chi connectivity index (χ1v) is 9.90. The van der Waals surface area contributed by atoms with Crippen LogP contribution in [0, 0.1) is 11.8 Å². The summed E-state index contributed by atoms with van der Waals surface area (Å²) in [5.74, 6) is 2.78. The fourth-order valence-corrected chi connectivity index (χ4v) is 5.67. The lowest BCUT2D eigenvalue weighted by atomic mass is 9.65. The van der Waals surface area contributed by atoms with Crippen molar-refractivity contribution in [2.75, 3.05) is 0 Å². The van der Waals surface area contributed by atoms with Crippen LogP contribution in [0.4, 0.5) is 5.69 Å². The molecule has 0 aliphatic heterocycles. The Morgan fingerprint density at radius 1 is 0.870 bits per heavy atom. The molecule has 3 unspecified atom stereocenters. The van der Waals surface area contributed by atoms with Crippen LogP contribution in [0.2, 0.25) is 0 Å². The molecule has 0 amide bonds. The minimum atomic E-state index is 0.818. The van der Waals surface area contributed by atoms with E-state index in [-0.39, 0.29) is 0 Å². The Labute approximate surface area is 143 Å². The van der Waals surface area contributed by atoms with Crippen LogP contribution >= 0.6 is 11.3 Å². The Hall–Kier alpha value is -1.41. The minimum Gasteiger partial charge on any atom is -0.255 e. The maximum absolute atomic E-state index is 4.60. The maximum Gasteiger partial charge on any atom is 0.0630 e. The summed E-state index contributed by atoms with van der Waals surface area (Å²) in [6.07, 6.45) is 12.2. The van der Waals surface area contributed by atoms with Crippen LogP contribution in [0.25, 0.3) is 0 Å². The van der Waals surface area contributed by atoms with Gasteiger partial charge in [-0.1, -0.05) is 50.3 Å². The van der Waals surface area contributed by atoms with E-state index in [9.17, 15) is 0 Å². The molecule has 2 saturated carbocycles. The van der Waals surface area contributed by atoms with Gasteiger partial charge in [0, 0.05) is 16.0 Å². The van der Waals surface area contributed by atoms with Crippen molar-refractivity contribution in [3.63, 3.8) is 0 Å². The van der Waals surface area contributed by atoms with E-state index < -0.39 is 0 Å². The van der Waals surface area contributed by atoms with E-state index in [0.29, 0.717) is 0 Å². The maximum atomic E-state index is 4.60. The van der Waals surface area contributed by atoms with Gasteiger partial charge in [0.25, 0.3) is 0 Å². The second-order valence-electron chi connectivity index (χ2n) is 7.08. The molecule has 4 rings (SSSR count). The number of hydrogen-bond donors (Lipinski definition) is 0. The lowest BCUT2D eigenvalue weighted by Gasteiger charge is -2.41. The Bertz CT molecular complexity index is 655.